The predicted molar refractivity (Wildman–Crippen MR) is 173 cm³/mol. The summed E-state index contributed by atoms with van der Waals surface area (Å²) in [7, 11) is 0. The molecule has 0 saturated heterocycles. The van der Waals surface area contributed by atoms with Gasteiger partial charge in [0.15, 0.2) is 0 Å². The van der Waals surface area contributed by atoms with Gasteiger partial charge in [-0.1, -0.05) is 124 Å². The van der Waals surface area contributed by atoms with Crippen LogP contribution in [0.1, 0.15) is 151 Å². The summed E-state index contributed by atoms with van der Waals surface area (Å²) in [6.07, 6.45) is 22.6. The minimum absolute atomic E-state index is 0.324. The molecule has 1 atom stereocenters. The topological polar surface area (TPSA) is 61.8 Å². The molecule has 0 aromatic heterocycles. The SMILES string of the molecule is CCCCCCCCCCCCCCCCCCOc1ccc(C(=O)Oc2ccc(C(=O)OCC(C)CC)cc2)cc1. The Morgan fingerprint density at radius 1 is 0.571 bits per heavy atom. The van der Waals surface area contributed by atoms with E-state index in [1.807, 2.05) is 6.92 Å². The third-order valence-corrected chi connectivity index (χ3v) is 7.85. The molecule has 0 saturated carbocycles. The van der Waals surface area contributed by atoms with E-state index in [0.717, 1.165) is 18.6 Å². The van der Waals surface area contributed by atoms with Gasteiger partial charge in [-0.25, -0.2) is 9.59 Å². The molecule has 0 fully saturated rings. The molecule has 0 radical (unpaired) electrons. The Morgan fingerprint density at radius 2 is 1.00 bits per heavy atom. The van der Waals surface area contributed by atoms with Crippen molar-refractivity contribution in [3.05, 3.63) is 59.7 Å². The lowest BCUT2D eigenvalue weighted by molar-refractivity contribution is 0.0447. The first-order valence-electron chi connectivity index (χ1n) is 16.8. The smallest absolute Gasteiger partial charge is 0.343 e. The van der Waals surface area contributed by atoms with Gasteiger partial charge in [0.1, 0.15) is 11.5 Å². The van der Waals surface area contributed by atoms with Crippen LogP contribution in [0.25, 0.3) is 0 Å². The molecule has 0 aliphatic carbocycles. The van der Waals surface area contributed by atoms with Crippen molar-refractivity contribution in [3.8, 4) is 11.5 Å². The van der Waals surface area contributed by atoms with Crippen molar-refractivity contribution in [1.29, 1.82) is 0 Å². The van der Waals surface area contributed by atoms with Crippen LogP contribution in [0, 0.1) is 5.92 Å². The molecule has 234 valence electrons. The molecule has 0 heterocycles. The van der Waals surface area contributed by atoms with E-state index in [1.165, 1.54) is 96.3 Å². The van der Waals surface area contributed by atoms with Crippen LogP contribution in [0.3, 0.4) is 0 Å². The summed E-state index contributed by atoms with van der Waals surface area (Å²) in [4.78, 5) is 24.7. The Hall–Kier alpha value is -2.82. The number of rotatable bonds is 24. The number of hydrogen-bond acceptors (Lipinski definition) is 5. The van der Waals surface area contributed by atoms with Gasteiger partial charge < -0.3 is 14.2 Å². The van der Waals surface area contributed by atoms with Crippen molar-refractivity contribution >= 4 is 11.9 Å². The molecule has 42 heavy (non-hydrogen) atoms. The fourth-order valence-electron chi connectivity index (χ4n) is 4.77. The van der Waals surface area contributed by atoms with Gasteiger partial charge in [0.25, 0.3) is 0 Å². The number of hydrogen-bond donors (Lipinski definition) is 0. The van der Waals surface area contributed by atoms with E-state index < -0.39 is 5.97 Å². The molecule has 2 aromatic rings. The molecule has 0 aliphatic heterocycles. The molecule has 0 amide bonds. The normalized spacial score (nSPS) is 11.7. The largest absolute Gasteiger partial charge is 0.494 e. The zero-order chi connectivity index (χ0) is 30.3. The van der Waals surface area contributed by atoms with Crippen LogP contribution in [-0.4, -0.2) is 25.2 Å². The number of unbranched alkanes of at least 4 members (excludes halogenated alkanes) is 15. The number of carbonyl (C=O) groups excluding carboxylic acids is 2. The first-order valence-corrected chi connectivity index (χ1v) is 16.8. The highest BCUT2D eigenvalue weighted by Crippen LogP contribution is 2.18. The number of carbonyl (C=O) groups is 2. The van der Waals surface area contributed by atoms with E-state index in [-0.39, 0.29) is 5.97 Å². The average Bonchev–Trinajstić information content (AvgIpc) is 3.01. The zero-order valence-corrected chi connectivity index (χ0v) is 26.7. The van der Waals surface area contributed by atoms with E-state index in [2.05, 4.69) is 13.8 Å². The Morgan fingerprint density at radius 3 is 1.48 bits per heavy atom. The first kappa shape index (κ1) is 35.4. The molecule has 2 aromatic carbocycles. The van der Waals surface area contributed by atoms with Crippen LogP contribution in [0.15, 0.2) is 48.5 Å². The second-order valence-electron chi connectivity index (χ2n) is 11.7. The quantitative estimate of drug-likeness (QED) is 0.0702. The fourth-order valence-corrected chi connectivity index (χ4v) is 4.77. The van der Waals surface area contributed by atoms with Gasteiger partial charge in [0, 0.05) is 0 Å². The lowest BCUT2D eigenvalue weighted by Crippen LogP contribution is -2.12. The van der Waals surface area contributed by atoms with Crippen molar-refractivity contribution in [1.82, 2.24) is 0 Å². The molecule has 5 heteroatoms. The third kappa shape index (κ3) is 16.0. The highest BCUT2D eigenvalue weighted by atomic mass is 16.5. The monoisotopic (exact) mass is 580 g/mol. The maximum Gasteiger partial charge on any atom is 0.343 e. The molecule has 0 aliphatic rings. The van der Waals surface area contributed by atoms with Gasteiger partial charge >= 0.3 is 11.9 Å². The van der Waals surface area contributed by atoms with Crippen molar-refractivity contribution < 1.29 is 23.8 Å². The first-order chi connectivity index (χ1) is 20.5. The van der Waals surface area contributed by atoms with E-state index >= 15 is 0 Å². The maximum atomic E-state index is 12.5. The Balaban J connectivity index is 1.50. The van der Waals surface area contributed by atoms with Gasteiger partial charge in [0.2, 0.25) is 0 Å². The Kier molecular flexibility index (Phi) is 19.2. The van der Waals surface area contributed by atoms with Crippen molar-refractivity contribution in [2.75, 3.05) is 13.2 Å². The van der Waals surface area contributed by atoms with E-state index in [9.17, 15) is 9.59 Å². The van der Waals surface area contributed by atoms with Gasteiger partial charge in [0.05, 0.1) is 24.3 Å². The summed E-state index contributed by atoms with van der Waals surface area (Å²) in [6, 6.07) is 13.5. The number of benzene rings is 2. The molecule has 1 unspecified atom stereocenters. The second kappa shape index (κ2) is 22.7. The molecule has 0 N–H and O–H groups in total. The van der Waals surface area contributed by atoms with E-state index in [4.69, 9.17) is 14.2 Å². The molecule has 0 spiro atoms. The predicted octanol–water partition coefficient (Wildman–Crippen LogP) is 10.7. The van der Waals surface area contributed by atoms with Gasteiger partial charge in [-0.2, -0.15) is 0 Å². The highest BCUT2D eigenvalue weighted by molar-refractivity contribution is 5.92. The standard InChI is InChI=1S/C37H56O5/c1-4-6-7-8-9-10-11-12-13-14-15-16-17-18-19-20-29-40-34-25-21-33(22-26-34)37(39)42-35-27-23-32(24-28-35)36(38)41-30-31(3)5-2/h21-28,31H,4-20,29-30H2,1-3H3. The number of esters is 2. The maximum absolute atomic E-state index is 12.5. The molecule has 0 bridgehead atoms. The molecular formula is C37H56O5. The number of ether oxygens (including phenoxy) is 3. The van der Waals surface area contributed by atoms with Gasteiger partial charge in [-0.3, -0.25) is 0 Å². The van der Waals surface area contributed by atoms with Crippen LogP contribution in [0.4, 0.5) is 0 Å². The minimum atomic E-state index is -0.452. The lowest BCUT2D eigenvalue weighted by atomic mass is 10.0. The van der Waals surface area contributed by atoms with Crippen LogP contribution >= 0.6 is 0 Å². The van der Waals surface area contributed by atoms with Crippen LogP contribution in [0.5, 0.6) is 11.5 Å². The van der Waals surface area contributed by atoms with E-state index in [1.54, 1.807) is 48.5 Å². The molecular weight excluding hydrogens is 524 g/mol. The van der Waals surface area contributed by atoms with E-state index in [0.29, 0.717) is 36.0 Å². The summed E-state index contributed by atoms with van der Waals surface area (Å²) in [6.45, 7) is 7.46. The zero-order valence-electron chi connectivity index (χ0n) is 26.7. The Bertz CT molecular complexity index is 967. The van der Waals surface area contributed by atoms with Gasteiger partial charge in [-0.05, 0) is 60.9 Å². The second-order valence-corrected chi connectivity index (χ2v) is 11.7. The van der Waals surface area contributed by atoms with Crippen molar-refractivity contribution in [3.63, 3.8) is 0 Å². The van der Waals surface area contributed by atoms with Crippen molar-refractivity contribution in [2.24, 2.45) is 5.92 Å². The Labute approximate surface area is 255 Å². The fraction of sp³-hybridized carbons (Fsp3) is 0.622. The molecule has 5 nitrogen and oxygen atoms in total. The molecule has 2 rings (SSSR count). The minimum Gasteiger partial charge on any atom is -0.494 e. The average molecular weight is 581 g/mol. The summed E-state index contributed by atoms with van der Waals surface area (Å²) >= 11 is 0. The van der Waals surface area contributed by atoms with Crippen molar-refractivity contribution in [2.45, 2.75) is 130 Å². The summed E-state index contributed by atoms with van der Waals surface area (Å²) in [5.41, 5.74) is 0.880. The van der Waals surface area contributed by atoms with Crippen LogP contribution in [-0.2, 0) is 4.74 Å². The van der Waals surface area contributed by atoms with Crippen LogP contribution in [0.2, 0.25) is 0 Å². The summed E-state index contributed by atoms with van der Waals surface area (Å²) in [5.74, 6) is 0.634. The van der Waals surface area contributed by atoms with Crippen LogP contribution < -0.4 is 9.47 Å². The van der Waals surface area contributed by atoms with Gasteiger partial charge in [-0.15, -0.1) is 0 Å². The lowest BCUT2D eigenvalue weighted by Gasteiger charge is -2.10. The third-order valence-electron chi connectivity index (χ3n) is 7.85. The summed E-state index contributed by atoms with van der Waals surface area (Å²) < 4.78 is 16.6. The highest BCUT2D eigenvalue weighted by Gasteiger charge is 2.12. The summed E-state index contributed by atoms with van der Waals surface area (Å²) in [5, 5.41) is 0.